The molecule has 1 saturated carbocycles. The van der Waals surface area contributed by atoms with Crippen LogP contribution in [-0.4, -0.2) is 34.8 Å². The Morgan fingerprint density at radius 3 is 2.94 bits per heavy atom. The van der Waals surface area contributed by atoms with Gasteiger partial charge in [-0.05, 0) is 32.8 Å². The van der Waals surface area contributed by atoms with Crippen molar-refractivity contribution in [3.05, 3.63) is 23.5 Å². The maximum atomic E-state index is 11.1. The standard InChI is InChI=1S/C13H18N2O3/c1-3-18-10-5-9(6-10)15-12-4-8(2)14-7-11(12)13(16)17/h4,7,9-10H,3,5-6H2,1-2H3,(H,14,15)(H,16,17). The molecule has 0 aliphatic heterocycles. The van der Waals surface area contributed by atoms with Crippen molar-refractivity contribution in [3.8, 4) is 0 Å². The summed E-state index contributed by atoms with van der Waals surface area (Å²) in [5.74, 6) is -0.953. The molecule has 2 rings (SSSR count). The van der Waals surface area contributed by atoms with Gasteiger partial charge in [0.2, 0.25) is 0 Å². The lowest BCUT2D eigenvalue weighted by Gasteiger charge is -2.36. The smallest absolute Gasteiger partial charge is 0.339 e. The van der Waals surface area contributed by atoms with Crippen molar-refractivity contribution in [3.63, 3.8) is 0 Å². The Balaban J connectivity index is 2.01. The molecule has 1 aromatic rings. The minimum atomic E-state index is -0.953. The molecule has 0 radical (unpaired) electrons. The third-order valence-electron chi connectivity index (χ3n) is 3.13. The van der Waals surface area contributed by atoms with Crippen LogP contribution in [0.25, 0.3) is 0 Å². The van der Waals surface area contributed by atoms with Gasteiger partial charge in [0.15, 0.2) is 0 Å². The highest BCUT2D eigenvalue weighted by molar-refractivity contribution is 5.93. The molecule has 0 amide bonds. The number of rotatable bonds is 5. The fraction of sp³-hybridized carbons (Fsp3) is 0.538. The number of aromatic nitrogens is 1. The van der Waals surface area contributed by atoms with Gasteiger partial charge in [0.05, 0.1) is 11.8 Å². The first kappa shape index (κ1) is 12.8. The first-order valence-corrected chi connectivity index (χ1v) is 6.18. The van der Waals surface area contributed by atoms with Crippen molar-refractivity contribution in [1.82, 2.24) is 4.98 Å². The number of hydrogen-bond donors (Lipinski definition) is 2. The van der Waals surface area contributed by atoms with E-state index in [-0.39, 0.29) is 5.56 Å². The lowest BCUT2D eigenvalue weighted by atomic mass is 9.89. The third-order valence-corrected chi connectivity index (χ3v) is 3.13. The van der Waals surface area contributed by atoms with Crippen LogP contribution >= 0.6 is 0 Å². The molecule has 1 aromatic heterocycles. The summed E-state index contributed by atoms with van der Waals surface area (Å²) in [4.78, 5) is 15.1. The summed E-state index contributed by atoms with van der Waals surface area (Å²) in [6, 6.07) is 2.07. The maximum absolute atomic E-state index is 11.1. The number of nitrogens with zero attached hydrogens (tertiary/aromatic N) is 1. The van der Waals surface area contributed by atoms with Gasteiger partial charge in [-0.3, -0.25) is 4.98 Å². The molecule has 0 atom stereocenters. The molecule has 0 aromatic carbocycles. The van der Waals surface area contributed by atoms with Gasteiger partial charge in [0, 0.05) is 24.5 Å². The van der Waals surface area contributed by atoms with Crippen LogP contribution in [0.5, 0.6) is 0 Å². The van der Waals surface area contributed by atoms with E-state index < -0.39 is 5.97 Å². The first-order chi connectivity index (χ1) is 8.60. The molecule has 0 unspecified atom stereocenters. The highest BCUT2D eigenvalue weighted by Crippen LogP contribution is 2.28. The molecule has 18 heavy (non-hydrogen) atoms. The number of carboxylic acids is 1. The fourth-order valence-electron chi connectivity index (χ4n) is 2.12. The predicted molar refractivity (Wildman–Crippen MR) is 68.0 cm³/mol. The molecule has 5 nitrogen and oxygen atoms in total. The Morgan fingerprint density at radius 1 is 1.61 bits per heavy atom. The Labute approximate surface area is 106 Å². The summed E-state index contributed by atoms with van der Waals surface area (Å²) in [5, 5.41) is 12.3. The SMILES string of the molecule is CCOC1CC(Nc2cc(C)ncc2C(=O)O)C1. The molecule has 0 saturated heterocycles. The molecular weight excluding hydrogens is 232 g/mol. The zero-order valence-corrected chi connectivity index (χ0v) is 10.6. The van der Waals surface area contributed by atoms with Gasteiger partial charge in [0.1, 0.15) is 5.56 Å². The number of nitrogens with one attached hydrogen (secondary N) is 1. The summed E-state index contributed by atoms with van der Waals surface area (Å²) < 4.78 is 5.48. The van der Waals surface area contributed by atoms with Crippen LogP contribution in [0.1, 0.15) is 35.8 Å². The van der Waals surface area contributed by atoms with Crippen LogP contribution in [0.3, 0.4) is 0 Å². The van der Waals surface area contributed by atoms with Crippen molar-refractivity contribution >= 4 is 11.7 Å². The van der Waals surface area contributed by atoms with E-state index in [4.69, 9.17) is 9.84 Å². The Kier molecular flexibility index (Phi) is 3.81. The molecule has 1 aliphatic carbocycles. The van der Waals surface area contributed by atoms with Crippen molar-refractivity contribution in [2.45, 2.75) is 38.8 Å². The summed E-state index contributed by atoms with van der Waals surface area (Å²) in [7, 11) is 0. The predicted octanol–water partition coefficient (Wildman–Crippen LogP) is 2.07. The van der Waals surface area contributed by atoms with Crippen LogP contribution in [0.4, 0.5) is 5.69 Å². The number of aromatic carboxylic acids is 1. The average molecular weight is 250 g/mol. The van der Waals surface area contributed by atoms with Gasteiger partial charge in [-0.15, -0.1) is 0 Å². The first-order valence-electron chi connectivity index (χ1n) is 6.18. The van der Waals surface area contributed by atoms with Crippen LogP contribution < -0.4 is 5.32 Å². The fourth-order valence-corrected chi connectivity index (χ4v) is 2.12. The number of carboxylic acid groups (broad SMARTS) is 1. The highest BCUT2D eigenvalue weighted by atomic mass is 16.5. The molecule has 0 spiro atoms. The van der Waals surface area contributed by atoms with Gasteiger partial charge in [-0.25, -0.2) is 4.79 Å². The number of pyridine rings is 1. The Bertz CT molecular complexity index is 442. The van der Waals surface area contributed by atoms with Crippen molar-refractivity contribution in [2.24, 2.45) is 0 Å². The second kappa shape index (κ2) is 5.35. The summed E-state index contributed by atoms with van der Waals surface area (Å²) in [6.45, 7) is 4.56. The molecule has 5 heteroatoms. The Morgan fingerprint density at radius 2 is 2.33 bits per heavy atom. The number of aryl methyl sites for hydroxylation is 1. The molecular formula is C13H18N2O3. The lowest BCUT2D eigenvalue weighted by molar-refractivity contribution is 0.00298. The summed E-state index contributed by atoms with van der Waals surface area (Å²) >= 11 is 0. The second-order valence-corrected chi connectivity index (χ2v) is 4.57. The van der Waals surface area contributed by atoms with Gasteiger partial charge >= 0.3 is 5.97 Å². The lowest BCUT2D eigenvalue weighted by Crippen LogP contribution is -2.41. The van der Waals surface area contributed by atoms with Crippen LogP contribution in [0.2, 0.25) is 0 Å². The molecule has 1 aliphatic rings. The van der Waals surface area contributed by atoms with Crippen molar-refractivity contribution in [1.29, 1.82) is 0 Å². The minimum absolute atomic E-state index is 0.223. The topological polar surface area (TPSA) is 71.5 Å². The molecule has 98 valence electrons. The van der Waals surface area contributed by atoms with Crippen LogP contribution in [-0.2, 0) is 4.74 Å². The number of hydrogen-bond acceptors (Lipinski definition) is 4. The van der Waals surface area contributed by atoms with E-state index in [0.717, 1.165) is 25.1 Å². The summed E-state index contributed by atoms with van der Waals surface area (Å²) in [6.07, 6.45) is 3.56. The Hall–Kier alpha value is -1.62. The van der Waals surface area contributed by atoms with E-state index >= 15 is 0 Å². The highest BCUT2D eigenvalue weighted by Gasteiger charge is 2.30. The van der Waals surface area contributed by atoms with E-state index in [2.05, 4.69) is 10.3 Å². The van der Waals surface area contributed by atoms with Crippen LogP contribution in [0.15, 0.2) is 12.3 Å². The van der Waals surface area contributed by atoms with E-state index in [1.165, 1.54) is 6.20 Å². The van der Waals surface area contributed by atoms with Crippen molar-refractivity contribution < 1.29 is 14.6 Å². The largest absolute Gasteiger partial charge is 0.478 e. The number of ether oxygens (including phenoxy) is 1. The maximum Gasteiger partial charge on any atom is 0.339 e. The van der Waals surface area contributed by atoms with E-state index in [1.54, 1.807) is 6.07 Å². The van der Waals surface area contributed by atoms with Crippen LogP contribution in [0, 0.1) is 6.92 Å². The average Bonchev–Trinajstić information content (AvgIpc) is 2.26. The van der Waals surface area contributed by atoms with Gasteiger partial charge < -0.3 is 15.2 Å². The minimum Gasteiger partial charge on any atom is -0.478 e. The van der Waals surface area contributed by atoms with Gasteiger partial charge in [0.25, 0.3) is 0 Å². The van der Waals surface area contributed by atoms with E-state index in [0.29, 0.717) is 17.8 Å². The number of anilines is 1. The zero-order valence-electron chi connectivity index (χ0n) is 10.6. The molecule has 0 bridgehead atoms. The van der Waals surface area contributed by atoms with Gasteiger partial charge in [-0.1, -0.05) is 0 Å². The van der Waals surface area contributed by atoms with Crippen molar-refractivity contribution in [2.75, 3.05) is 11.9 Å². The zero-order chi connectivity index (χ0) is 13.1. The normalized spacial score (nSPS) is 22.3. The molecule has 2 N–H and O–H groups in total. The molecule has 1 fully saturated rings. The monoisotopic (exact) mass is 250 g/mol. The number of carbonyl (C=O) groups is 1. The summed E-state index contributed by atoms with van der Waals surface area (Å²) in [5.41, 5.74) is 1.68. The third kappa shape index (κ3) is 2.79. The second-order valence-electron chi connectivity index (χ2n) is 4.57. The molecule has 1 heterocycles. The van der Waals surface area contributed by atoms with Gasteiger partial charge in [-0.2, -0.15) is 0 Å². The quantitative estimate of drug-likeness (QED) is 0.837. The van der Waals surface area contributed by atoms with E-state index in [9.17, 15) is 4.79 Å². The van der Waals surface area contributed by atoms with E-state index in [1.807, 2.05) is 13.8 Å².